The van der Waals surface area contributed by atoms with Crippen LogP contribution in [0.2, 0.25) is 0 Å². The lowest BCUT2D eigenvalue weighted by Crippen LogP contribution is -2.58. The van der Waals surface area contributed by atoms with Crippen molar-refractivity contribution in [2.24, 2.45) is 17.8 Å². The first-order chi connectivity index (χ1) is 19.0. The van der Waals surface area contributed by atoms with Crippen molar-refractivity contribution in [1.82, 2.24) is 14.7 Å². The molecule has 3 fully saturated rings. The molecule has 40 heavy (non-hydrogen) atoms. The third-order valence-corrected chi connectivity index (χ3v) is 9.33. The Labute approximate surface area is 238 Å². The Morgan fingerprint density at radius 2 is 1.82 bits per heavy atom. The lowest BCUT2D eigenvalue weighted by Gasteiger charge is -2.40. The fourth-order valence-corrected chi connectivity index (χ4v) is 7.46. The number of benzene rings is 1. The Hall–Kier alpha value is -2.97. The first-order valence-electron chi connectivity index (χ1n) is 14.5. The number of hydrogen-bond acceptors (Lipinski definition) is 5. The number of nitrogens with zero attached hydrogens (tertiary/aromatic N) is 3. The summed E-state index contributed by atoms with van der Waals surface area (Å²) in [5, 5.41) is 10.7. The number of hydrogen-bond donors (Lipinski definition) is 1. The largest absolute Gasteiger partial charge is 0.394 e. The Morgan fingerprint density at radius 3 is 2.38 bits per heavy atom. The van der Waals surface area contributed by atoms with Crippen molar-refractivity contribution in [1.29, 1.82) is 0 Å². The first-order valence-corrected chi connectivity index (χ1v) is 14.5. The van der Waals surface area contributed by atoms with Crippen molar-refractivity contribution in [3.05, 3.63) is 61.2 Å². The summed E-state index contributed by atoms with van der Waals surface area (Å²) in [7, 11) is 0. The zero-order valence-corrected chi connectivity index (χ0v) is 24.6. The van der Waals surface area contributed by atoms with E-state index in [2.05, 4.69) is 13.2 Å². The third-order valence-electron chi connectivity index (χ3n) is 9.33. The van der Waals surface area contributed by atoms with E-state index in [9.17, 15) is 19.5 Å². The number of aliphatic hydroxyl groups excluding tert-OH is 1. The average Bonchev–Trinajstić information content (AvgIpc) is 3.44. The van der Waals surface area contributed by atoms with Crippen LogP contribution in [0.5, 0.6) is 0 Å². The Kier molecular flexibility index (Phi) is 8.62. The molecule has 1 spiro atoms. The molecule has 2 bridgehead atoms. The minimum atomic E-state index is -1.19. The lowest BCUT2D eigenvalue weighted by atomic mass is 9.62. The van der Waals surface area contributed by atoms with E-state index in [1.807, 2.05) is 65.0 Å². The normalized spacial score (nSPS) is 31.3. The molecule has 3 aliphatic heterocycles. The Bertz CT molecular complexity index is 1140. The van der Waals surface area contributed by atoms with Crippen LogP contribution < -0.4 is 0 Å². The lowest BCUT2D eigenvalue weighted by molar-refractivity contribution is -0.158. The van der Waals surface area contributed by atoms with Crippen LogP contribution in [0.3, 0.4) is 0 Å². The van der Waals surface area contributed by atoms with E-state index in [4.69, 9.17) is 4.74 Å². The molecule has 218 valence electrons. The molecule has 0 aliphatic carbocycles. The van der Waals surface area contributed by atoms with E-state index in [1.165, 1.54) is 4.90 Å². The number of likely N-dealkylation sites (tertiary alicyclic amines) is 1. The molecule has 1 aromatic carbocycles. The highest BCUT2D eigenvalue weighted by Gasteiger charge is 2.80. The highest BCUT2D eigenvalue weighted by Crippen LogP contribution is 2.66. The second kappa shape index (κ2) is 11.5. The highest BCUT2D eigenvalue weighted by molar-refractivity contribution is 5.99. The molecular weight excluding hydrogens is 506 g/mol. The molecule has 3 unspecified atom stereocenters. The number of amides is 3. The van der Waals surface area contributed by atoms with Gasteiger partial charge in [-0.3, -0.25) is 14.4 Å². The molecule has 3 heterocycles. The molecular formula is C32H45N3O5. The number of carbonyl (C=O) groups excluding carboxylic acids is 3. The molecule has 3 saturated heterocycles. The summed E-state index contributed by atoms with van der Waals surface area (Å²) < 4.78 is 6.91. The van der Waals surface area contributed by atoms with Crippen molar-refractivity contribution < 1.29 is 24.2 Å². The fraction of sp³-hybridized carbons (Fsp3) is 0.594. The summed E-state index contributed by atoms with van der Waals surface area (Å²) in [4.78, 5) is 48.5. The molecule has 4 rings (SSSR count). The van der Waals surface area contributed by atoms with Crippen LogP contribution in [-0.2, 0) is 19.1 Å². The van der Waals surface area contributed by atoms with Gasteiger partial charge in [-0.15, -0.1) is 13.2 Å². The number of aliphatic hydroxyl groups is 1. The van der Waals surface area contributed by atoms with Crippen LogP contribution in [0.25, 0.3) is 0 Å². The van der Waals surface area contributed by atoms with Gasteiger partial charge < -0.3 is 24.5 Å². The Balaban J connectivity index is 1.91. The summed E-state index contributed by atoms with van der Waals surface area (Å²) in [5.74, 6) is -2.36. The van der Waals surface area contributed by atoms with Crippen LogP contribution in [0.15, 0.2) is 55.6 Å². The number of ether oxygens (including phenoxy) is 1. The van der Waals surface area contributed by atoms with E-state index in [-0.39, 0.29) is 36.3 Å². The standard InChI is InChI=1S/C32H45N3O5/c1-8-16-33(17-9-2)28(37)25-26-29(38)35(24(20-36)23-14-12-11-13-15-23)27(30(39)34(18-10-3)21(4)5)32(26)19-22(6)31(25,7)40-32/h8,10-15,21-22,24-27,36H,1,3,9,16-20H2,2,4-7H3/t22?,24-,25+,26+,27?,31-,32?/m1/s1. The molecule has 1 aromatic rings. The summed E-state index contributed by atoms with van der Waals surface area (Å²) in [5.41, 5.74) is -1.37. The van der Waals surface area contributed by atoms with E-state index in [0.717, 1.165) is 12.0 Å². The van der Waals surface area contributed by atoms with Gasteiger partial charge in [0.1, 0.15) is 11.6 Å². The maximum absolute atomic E-state index is 14.7. The predicted octanol–water partition coefficient (Wildman–Crippen LogP) is 3.58. The zero-order valence-electron chi connectivity index (χ0n) is 24.6. The van der Waals surface area contributed by atoms with E-state index in [0.29, 0.717) is 26.1 Å². The van der Waals surface area contributed by atoms with Gasteiger partial charge in [-0.05, 0) is 45.1 Å². The van der Waals surface area contributed by atoms with Crippen LogP contribution in [-0.4, -0.2) is 87.1 Å². The van der Waals surface area contributed by atoms with Gasteiger partial charge in [-0.1, -0.05) is 56.3 Å². The molecule has 7 atom stereocenters. The van der Waals surface area contributed by atoms with Crippen LogP contribution in [0.1, 0.15) is 59.1 Å². The van der Waals surface area contributed by atoms with Gasteiger partial charge in [-0.2, -0.15) is 0 Å². The van der Waals surface area contributed by atoms with E-state index < -0.39 is 35.1 Å². The predicted molar refractivity (Wildman–Crippen MR) is 154 cm³/mol. The minimum absolute atomic E-state index is 0.0656. The quantitative estimate of drug-likeness (QED) is 0.401. The molecule has 8 heteroatoms. The molecule has 1 N–H and O–H groups in total. The average molecular weight is 552 g/mol. The third kappa shape index (κ3) is 4.49. The molecule has 0 saturated carbocycles. The van der Waals surface area contributed by atoms with E-state index >= 15 is 0 Å². The smallest absolute Gasteiger partial charge is 0.248 e. The van der Waals surface area contributed by atoms with Gasteiger partial charge in [0.2, 0.25) is 17.7 Å². The monoisotopic (exact) mass is 551 g/mol. The topological polar surface area (TPSA) is 90.4 Å². The van der Waals surface area contributed by atoms with Gasteiger partial charge >= 0.3 is 0 Å². The Morgan fingerprint density at radius 1 is 1.18 bits per heavy atom. The molecule has 8 nitrogen and oxygen atoms in total. The fourth-order valence-electron chi connectivity index (χ4n) is 7.46. The van der Waals surface area contributed by atoms with Crippen LogP contribution >= 0.6 is 0 Å². The van der Waals surface area contributed by atoms with Crippen molar-refractivity contribution >= 4 is 17.7 Å². The summed E-state index contributed by atoms with van der Waals surface area (Å²) in [6, 6.07) is 7.36. The first kappa shape index (κ1) is 30.0. The summed E-state index contributed by atoms with van der Waals surface area (Å²) >= 11 is 0. The van der Waals surface area contributed by atoms with Gasteiger partial charge in [0, 0.05) is 25.7 Å². The highest BCUT2D eigenvalue weighted by atomic mass is 16.5. The molecule has 0 aromatic heterocycles. The minimum Gasteiger partial charge on any atom is -0.394 e. The molecule has 3 aliphatic rings. The number of fused-ring (bicyclic) bond motifs is 1. The van der Waals surface area contributed by atoms with E-state index in [1.54, 1.807) is 22.0 Å². The summed E-state index contributed by atoms with van der Waals surface area (Å²) in [6.07, 6.45) is 4.61. The van der Waals surface area contributed by atoms with Crippen LogP contribution in [0.4, 0.5) is 0 Å². The second-order valence-electron chi connectivity index (χ2n) is 12.0. The molecule has 0 radical (unpaired) electrons. The number of rotatable bonds is 12. The van der Waals surface area contributed by atoms with Crippen molar-refractivity contribution in [3.63, 3.8) is 0 Å². The van der Waals surface area contributed by atoms with Gasteiger partial charge in [0.25, 0.3) is 0 Å². The van der Waals surface area contributed by atoms with Crippen LogP contribution in [0, 0.1) is 17.8 Å². The molecule has 3 amide bonds. The second-order valence-corrected chi connectivity index (χ2v) is 12.0. The van der Waals surface area contributed by atoms with Crippen molar-refractivity contribution in [2.45, 2.75) is 76.8 Å². The summed E-state index contributed by atoms with van der Waals surface area (Å²) in [6.45, 7) is 18.4. The zero-order chi connectivity index (χ0) is 29.4. The van der Waals surface area contributed by atoms with Gasteiger partial charge in [-0.25, -0.2) is 0 Å². The van der Waals surface area contributed by atoms with Gasteiger partial charge in [0.05, 0.1) is 30.1 Å². The number of carbonyl (C=O) groups is 3. The van der Waals surface area contributed by atoms with Gasteiger partial charge in [0.15, 0.2) is 0 Å². The SMILES string of the molecule is C=CCN(CCC)C(=O)[C@@H]1[C@H]2C(=O)N([C@H](CO)c3ccccc3)C(C(=O)N(CC=C)C(C)C)C23CC(C)[C@@]1(C)O3. The van der Waals surface area contributed by atoms with Crippen molar-refractivity contribution in [2.75, 3.05) is 26.2 Å². The maximum atomic E-state index is 14.7. The van der Waals surface area contributed by atoms with Crippen molar-refractivity contribution in [3.8, 4) is 0 Å². The maximum Gasteiger partial charge on any atom is 0.248 e.